The van der Waals surface area contributed by atoms with Gasteiger partial charge in [-0.2, -0.15) is 13.4 Å². The third-order valence-electron chi connectivity index (χ3n) is 8.11. The monoisotopic (exact) mass is 697 g/mol. The molecule has 49 heavy (non-hydrogen) atoms. The van der Waals surface area contributed by atoms with Gasteiger partial charge in [-0.1, -0.05) is 41.1 Å². The highest BCUT2D eigenvalue weighted by atomic mass is 32.2. The van der Waals surface area contributed by atoms with Gasteiger partial charge >= 0.3 is 6.09 Å². The van der Waals surface area contributed by atoms with Gasteiger partial charge in [0.05, 0.1) is 22.7 Å². The minimum absolute atomic E-state index is 0.00249. The number of carbonyl (C=O) groups is 1. The summed E-state index contributed by atoms with van der Waals surface area (Å²) in [7, 11) is -4.02. The quantitative estimate of drug-likeness (QED) is 0.248. The van der Waals surface area contributed by atoms with Crippen LogP contribution in [0.1, 0.15) is 49.6 Å². The van der Waals surface area contributed by atoms with E-state index in [0.29, 0.717) is 67.8 Å². The van der Waals surface area contributed by atoms with Crippen LogP contribution in [0.4, 0.5) is 15.1 Å². The van der Waals surface area contributed by atoms with Crippen LogP contribution in [0.5, 0.6) is 0 Å². The molecule has 2 atom stereocenters. The number of hydrogen-bond acceptors (Lipinski definition) is 12. The highest BCUT2D eigenvalue weighted by Crippen LogP contribution is 2.30. The molecule has 2 aromatic heterocycles. The van der Waals surface area contributed by atoms with E-state index in [1.54, 1.807) is 41.6 Å². The lowest BCUT2D eigenvalue weighted by molar-refractivity contribution is -0.00900. The Morgan fingerprint density at radius 2 is 1.76 bits per heavy atom. The number of rotatable bonds is 8. The molecule has 262 valence electrons. The SMILES string of the molecule is CC(C)OC(=O)N1CCC(OCc2noc(-c3cnc(N4C[C@H](c5ccccc5F)[C@@H](N)C4)nc3)n2)CC1.Cc1ccc(S(=O)(=O)O)cc1. The van der Waals surface area contributed by atoms with Crippen molar-refractivity contribution < 1.29 is 36.2 Å². The van der Waals surface area contributed by atoms with Crippen LogP contribution in [0.15, 0.2) is 70.3 Å². The van der Waals surface area contributed by atoms with E-state index in [2.05, 4.69) is 20.1 Å². The van der Waals surface area contributed by atoms with Gasteiger partial charge in [0.15, 0.2) is 5.82 Å². The van der Waals surface area contributed by atoms with Crippen LogP contribution < -0.4 is 10.6 Å². The lowest BCUT2D eigenvalue weighted by Crippen LogP contribution is -2.41. The van der Waals surface area contributed by atoms with Crippen molar-refractivity contribution in [1.29, 1.82) is 0 Å². The first kappa shape index (κ1) is 35.8. The molecule has 0 aliphatic carbocycles. The van der Waals surface area contributed by atoms with Crippen molar-refractivity contribution in [3.05, 3.63) is 83.7 Å². The summed E-state index contributed by atoms with van der Waals surface area (Å²) in [6, 6.07) is 12.5. The van der Waals surface area contributed by atoms with Crippen molar-refractivity contribution in [3.8, 4) is 11.5 Å². The number of ether oxygens (including phenoxy) is 2. The fourth-order valence-electron chi connectivity index (χ4n) is 5.51. The highest BCUT2D eigenvalue weighted by Gasteiger charge is 2.34. The van der Waals surface area contributed by atoms with E-state index in [9.17, 15) is 17.6 Å². The highest BCUT2D eigenvalue weighted by molar-refractivity contribution is 7.85. The lowest BCUT2D eigenvalue weighted by atomic mass is 9.94. The number of nitrogens with zero attached hydrogens (tertiary/aromatic N) is 6. The maximum Gasteiger partial charge on any atom is 0.410 e. The Balaban J connectivity index is 0.000000363. The Kier molecular flexibility index (Phi) is 11.5. The van der Waals surface area contributed by atoms with Gasteiger partial charge in [0, 0.05) is 50.5 Å². The molecule has 0 bridgehead atoms. The fraction of sp³-hybridized carbons (Fsp3) is 0.424. The maximum absolute atomic E-state index is 14.3. The number of anilines is 1. The summed E-state index contributed by atoms with van der Waals surface area (Å²) in [4.78, 5) is 28.9. The molecular weight excluding hydrogens is 657 g/mol. The Morgan fingerprint density at radius 3 is 2.39 bits per heavy atom. The van der Waals surface area contributed by atoms with Crippen molar-refractivity contribution in [2.75, 3.05) is 31.1 Å². The molecule has 3 N–H and O–H groups in total. The van der Waals surface area contributed by atoms with Crippen LogP contribution >= 0.6 is 0 Å². The summed E-state index contributed by atoms with van der Waals surface area (Å²) in [6.07, 6.45) is 4.25. The third kappa shape index (κ3) is 9.56. The zero-order chi connectivity index (χ0) is 35.1. The Morgan fingerprint density at radius 1 is 1.08 bits per heavy atom. The number of amides is 1. The number of hydrogen-bond donors (Lipinski definition) is 2. The number of halogens is 1. The minimum atomic E-state index is -4.02. The molecule has 2 aliphatic rings. The van der Waals surface area contributed by atoms with Crippen molar-refractivity contribution in [3.63, 3.8) is 0 Å². The normalized spacial score (nSPS) is 18.3. The van der Waals surface area contributed by atoms with E-state index in [4.69, 9.17) is 24.3 Å². The van der Waals surface area contributed by atoms with Gasteiger partial charge in [0.1, 0.15) is 12.4 Å². The van der Waals surface area contributed by atoms with Crippen molar-refractivity contribution >= 4 is 22.2 Å². The summed E-state index contributed by atoms with van der Waals surface area (Å²) in [5.41, 5.74) is 8.47. The molecule has 14 nitrogen and oxygen atoms in total. The van der Waals surface area contributed by atoms with Crippen molar-refractivity contribution in [2.45, 2.75) is 69.3 Å². The fourth-order valence-corrected chi connectivity index (χ4v) is 5.99. The molecule has 2 fully saturated rings. The van der Waals surface area contributed by atoms with E-state index in [-0.39, 0.29) is 47.6 Å². The van der Waals surface area contributed by atoms with Gasteiger partial charge in [-0.05, 0) is 57.4 Å². The molecular formula is C33H40FN7O7S. The molecule has 2 aromatic carbocycles. The number of aromatic nitrogens is 4. The largest absolute Gasteiger partial charge is 0.447 e. The van der Waals surface area contributed by atoms with Crippen LogP contribution in [0.25, 0.3) is 11.5 Å². The number of aryl methyl sites for hydroxylation is 1. The molecule has 4 aromatic rings. The standard InChI is InChI=1S/C26H32FN7O4.C7H8O3S/c1-16(2)37-26(35)33-9-7-18(8-10-33)36-15-23-31-24(38-32-23)17-11-29-25(30-12-17)34-13-20(22(28)14-34)19-5-3-4-6-21(19)27;1-6-2-4-7(5-3-6)11(8,9)10/h3-6,11-12,16,18,20,22H,7-10,13-15,28H2,1-2H3;2-5H,1H3,(H,8,9,10)/t20-,22+;/m1./s1. The number of likely N-dealkylation sites (tertiary alicyclic amines) is 1. The molecule has 1 amide bonds. The molecule has 6 rings (SSSR count). The van der Waals surface area contributed by atoms with Gasteiger partial charge in [0.25, 0.3) is 16.0 Å². The summed E-state index contributed by atoms with van der Waals surface area (Å²) in [5.74, 6) is 0.834. The first-order valence-electron chi connectivity index (χ1n) is 15.9. The van der Waals surface area contributed by atoms with Crippen LogP contribution in [-0.2, 0) is 26.2 Å². The van der Waals surface area contributed by atoms with Crippen LogP contribution in [0, 0.1) is 12.7 Å². The van der Waals surface area contributed by atoms with Gasteiger partial charge < -0.3 is 29.5 Å². The van der Waals surface area contributed by atoms with Crippen molar-refractivity contribution in [1.82, 2.24) is 25.0 Å². The second-order valence-corrected chi connectivity index (χ2v) is 13.6. The van der Waals surface area contributed by atoms with Crippen LogP contribution in [0.3, 0.4) is 0 Å². The van der Waals surface area contributed by atoms with Gasteiger partial charge in [-0.15, -0.1) is 0 Å². The summed E-state index contributed by atoms with van der Waals surface area (Å²) >= 11 is 0. The second-order valence-electron chi connectivity index (χ2n) is 12.2. The van der Waals surface area contributed by atoms with Crippen molar-refractivity contribution in [2.24, 2.45) is 5.73 Å². The Bertz CT molecular complexity index is 1800. The number of benzene rings is 2. The zero-order valence-electron chi connectivity index (χ0n) is 27.5. The van der Waals surface area contributed by atoms with Gasteiger partial charge in [0.2, 0.25) is 5.95 Å². The molecule has 0 spiro atoms. The second kappa shape index (κ2) is 15.8. The van der Waals surface area contributed by atoms with E-state index in [1.807, 2.05) is 31.7 Å². The van der Waals surface area contributed by atoms with Crippen LogP contribution in [-0.4, -0.2) is 88.5 Å². The molecule has 2 aliphatic heterocycles. The summed E-state index contributed by atoms with van der Waals surface area (Å²) in [5, 5.41) is 4.00. The van der Waals surface area contributed by atoms with Gasteiger partial charge in [-0.3, -0.25) is 4.55 Å². The average Bonchev–Trinajstić information content (AvgIpc) is 3.71. The minimum Gasteiger partial charge on any atom is -0.447 e. The third-order valence-corrected chi connectivity index (χ3v) is 8.98. The van der Waals surface area contributed by atoms with Crippen LogP contribution in [0.2, 0.25) is 0 Å². The molecule has 0 radical (unpaired) electrons. The number of piperidine rings is 1. The topological polar surface area (TPSA) is 187 Å². The van der Waals surface area contributed by atoms with E-state index >= 15 is 0 Å². The van der Waals surface area contributed by atoms with E-state index in [0.717, 1.165) is 5.56 Å². The number of nitrogens with two attached hydrogens (primary N) is 1. The smallest absolute Gasteiger partial charge is 0.410 e. The maximum atomic E-state index is 14.3. The number of carbonyl (C=O) groups excluding carboxylic acids is 1. The van der Waals surface area contributed by atoms with E-state index in [1.165, 1.54) is 18.2 Å². The molecule has 4 heterocycles. The summed E-state index contributed by atoms with van der Waals surface area (Å²) < 4.78 is 60.4. The molecule has 0 unspecified atom stereocenters. The van der Waals surface area contributed by atoms with Gasteiger partial charge in [-0.25, -0.2) is 19.2 Å². The first-order chi connectivity index (χ1) is 23.4. The summed E-state index contributed by atoms with van der Waals surface area (Å²) in [6.45, 7) is 7.93. The Labute approximate surface area is 284 Å². The van der Waals surface area contributed by atoms with E-state index < -0.39 is 10.1 Å². The first-order valence-corrected chi connectivity index (χ1v) is 17.3. The predicted octanol–water partition coefficient (Wildman–Crippen LogP) is 4.36. The Hall–Kier alpha value is -4.51. The average molecular weight is 698 g/mol. The lowest BCUT2D eigenvalue weighted by Gasteiger charge is -2.31. The molecule has 16 heteroatoms. The molecule has 2 saturated heterocycles. The molecule has 0 saturated carbocycles. The zero-order valence-corrected chi connectivity index (χ0v) is 28.3. The predicted molar refractivity (Wildman–Crippen MR) is 177 cm³/mol.